The Balaban J connectivity index is 2.61. The first-order valence-corrected chi connectivity index (χ1v) is 7.33. The summed E-state index contributed by atoms with van der Waals surface area (Å²) in [6.45, 7) is 12.6. The second-order valence-corrected chi connectivity index (χ2v) is 5.70. The van der Waals surface area contributed by atoms with Gasteiger partial charge in [-0.15, -0.1) is 0 Å². The standard InChI is InChI=1S/C15H29N3O/c1-7-8-14(10-16-9-11(2)3)19-15-12(4)17-18(6)13(15)5/h11,14,16H,7-10H2,1-6H3. The van der Waals surface area contributed by atoms with Crippen molar-refractivity contribution in [2.24, 2.45) is 13.0 Å². The molecule has 0 aromatic carbocycles. The Labute approximate surface area is 117 Å². The van der Waals surface area contributed by atoms with E-state index in [1.165, 1.54) is 0 Å². The van der Waals surface area contributed by atoms with Crippen molar-refractivity contribution in [2.45, 2.75) is 53.6 Å². The first kappa shape index (κ1) is 16.0. The van der Waals surface area contributed by atoms with Crippen LogP contribution < -0.4 is 10.1 Å². The Morgan fingerprint density at radius 2 is 1.95 bits per heavy atom. The minimum absolute atomic E-state index is 0.227. The summed E-state index contributed by atoms with van der Waals surface area (Å²) < 4.78 is 8.06. The maximum atomic E-state index is 6.17. The van der Waals surface area contributed by atoms with E-state index in [9.17, 15) is 0 Å². The van der Waals surface area contributed by atoms with Gasteiger partial charge in [0.05, 0.1) is 5.69 Å². The van der Waals surface area contributed by atoms with Crippen molar-refractivity contribution in [1.82, 2.24) is 15.1 Å². The number of nitrogens with one attached hydrogen (secondary N) is 1. The van der Waals surface area contributed by atoms with Crippen LogP contribution in [0.3, 0.4) is 0 Å². The average molecular weight is 267 g/mol. The molecule has 0 aliphatic rings. The second kappa shape index (κ2) is 7.53. The first-order chi connectivity index (χ1) is 8.95. The highest BCUT2D eigenvalue weighted by molar-refractivity contribution is 5.32. The third-order valence-electron chi connectivity index (χ3n) is 3.26. The molecule has 0 radical (unpaired) electrons. The Kier molecular flexibility index (Phi) is 6.35. The highest BCUT2D eigenvalue weighted by atomic mass is 16.5. The lowest BCUT2D eigenvalue weighted by Gasteiger charge is -2.20. The molecule has 19 heavy (non-hydrogen) atoms. The van der Waals surface area contributed by atoms with Crippen molar-refractivity contribution in [3.63, 3.8) is 0 Å². The van der Waals surface area contributed by atoms with Gasteiger partial charge in [0.15, 0.2) is 5.75 Å². The molecule has 0 saturated heterocycles. The summed E-state index contributed by atoms with van der Waals surface area (Å²) in [5, 5.41) is 7.89. The lowest BCUT2D eigenvalue weighted by molar-refractivity contribution is 0.182. The molecule has 4 nitrogen and oxygen atoms in total. The van der Waals surface area contributed by atoms with Gasteiger partial charge in [-0.25, -0.2) is 0 Å². The molecule has 4 heteroatoms. The van der Waals surface area contributed by atoms with Crippen molar-refractivity contribution in [2.75, 3.05) is 13.1 Å². The molecule has 0 saturated carbocycles. The van der Waals surface area contributed by atoms with E-state index < -0.39 is 0 Å². The van der Waals surface area contributed by atoms with Crippen molar-refractivity contribution >= 4 is 0 Å². The van der Waals surface area contributed by atoms with E-state index in [0.29, 0.717) is 5.92 Å². The fraction of sp³-hybridized carbons (Fsp3) is 0.800. The van der Waals surface area contributed by atoms with Crippen molar-refractivity contribution in [3.05, 3.63) is 11.4 Å². The van der Waals surface area contributed by atoms with Crippen LogP contribution in [0.15, 0.2) is 0 Å². The molecule has 0 spiro atoms. The predicted molar refractivity (Wildman–Crippen MR) is 79.7 cm³/mol. The van der Waals surface area contributed by atoms with Gasteiger partial charge in [-0.1, -0.05) is 27.2 Å². The van der Waals surface area contributed by atoms with Crippen LogP contribution in [0.25, 0.3) is 0 Å². The second-order valence-electron chi connectivity index (χ2n) is 5.70. The molecule has 1 aromatic rings. The topological polar surface area (TPSA) is 39.1 Å². The highest BCUT2D eigenvalue weighted by Gasteiger charge is 2.16. The van der Waals surface area contributed by atoms with Crippen LogP contribution >= 0.6 is 0 Å². The first-order valence-electron chi connectivity index (χ1n) is 7.33. The van der Waals surface area contributed by atoms with Crippen LogP contribution in [-0.4, -0.2) is 29.0 Å². The van der Waals surface area contributed by atoms with Crippen LogP contribution in [-0.2, 0) is 7.05 Å². The van der Waals surface area contributed by atoms with Crippen LogP contribution in [0, 0.1) is 19.8 Å². The van der Waals surface area contributed by atoms with E-state index in [2.05, 4.69) is 38.1 Å². The molecule has 1 heterocycles. The van der Waals surface area contributed by atoms with Gasteiger partial charge in [0.2, 0.25) is 0 Å². The minimum atomic E-state index is 0.227. The number of hydrogen-bond donors (Lipinski definition) is 1. The molecule has 110 valence electrons. The van der Waals surface area contributed by atoms with Gasteiger partial charge in [0.25, 0.3) is 0 Å². The number of ether oxygens (including phenoxy) is 1. The fourth-order valence-corrected chi connectivity index (χ4v) is 2.15. The molecular weight excluding hydrogens is 238 g/mol. The summed E-state index contributed by atoms with van der Waals surface area (Å²) in [5.41, 5.74) is 2.08. The number of rotatable bonds is 8. The van der Waals surface area contributed by atoms with E-state index in [4.69, 9.17) is 4.74 Å². The Bertz CT molecular complexity index is 385. The van der Waals surface area contributed by atoms with Gasteiger partial charge in [-0.05, 0) is 32.7 Å². The normalized spacial score (nSPS) is 13.0. The summed E-state index contributed by atoms with van der Waals surface area (Å²) >= 11 is 0. The number of aromatic nitrogens is 2. The lowest BCUT2D eigenvalue weighted by atomic mass is 10.2. The van der Waals surface area contributed by atoms with E-state index in [1.54, 1.807) is 0 Å². The molecule has 1 atom stereocenters. The maximum absolute atomic E-state index is 6.17. The predicted octanol–water partition coefficient (Wildman–Crippen LogP) is 2.83. The SMILES string of the molecule is CCCC(CNCC(C)C)Oc1c(C)nn(C)c1C. The summed E-state index contributed by atoms with van der Waals surface area (Å²) in [7, 11) is 1.96. The van der Waals surface area contributed by atoms with Crippen LogP contribution in [0.2, 0.25) is 0 Å². The van der Waals surface area contributed by atoms with Gasteiger partial charge >= 0.3 is 0 Å². The number of hydrogen-bond acceptors (Lipinski definition) is 3. The van der Waals surface area contributed by atoms with Crippen LogP contribution in [0.4, 0.5) is 0 Å². The van der Waals surface area contributed by atoms with Gasteiger partial charge in [-0.3, -0.25) is 4.68 Å². The van der Waals surface area contributed by atoms with E-state index in [-0.39, 0.29) is 6.10 Å². The van der Waals surface area contributed by atoms with Crippen molar-refractivity contribution in [1.29, 1.82) is 0 Å². The average Bonchev–Trinajstić information content (AvgIpc) is 2.55. The maximum Gasteiger partial charge on any atom is 0.163 e. The molecule has 1 aromatic heterocycles. The van der Waals surface area contributed by atoms with Crippen molar-refractivity contribution < 1.29 is 4.74 Å². The number of nitrogens with zero attached hydrogens (tertiary/aromatic N) is 2. The van der Waals surface area contributed by atoms with Gasteiger partial charge in [0.1, 0.15) is 11.8 Å². The molecule has 0 amide bonds. The quantitative estimate of drug-likeness (QED) is 0.787. The fourth-order valence-electron chi connectivity index (χ4n) is 2.15. The van der Waals surface area contributed by atoms with Gasteiger partial charge < -0.3 is 10.1 Å². The molecule has 1 rings (SSSR count). The monoisotopic (exact) mass is 267 g/mol. The smallest absolute Gasteiger partial charge is 0.163 e. The zero-order chi connectivity index (χ0) is 14.4. The zero-order valence-electron chi connectivity index (χ0n) is 13.3. The molecule has 0 bridgehead atoms. The van der Waals surface area contributed by atoms with Gasteiger partial charge in [-0.2, -0.15) is 5.10 Å². The molecular formula is C15H29N3O. The van der Waals surface area contributed by atoms with E-state index >= 15 is 0 Å². The largest absolute Gasteiger partial charge is 0.485 e. The van der Waals surface area contributed by atoms with E-state index in [0.717, 1.165) is 43.1 Å². The highest BCUT2D eigenvalue weighted by Crippen LogP contribution is 2.23. The Morgan fingerprint density at radius 1 is 1.26 bits per heavy atom. The van der Waals surface area contributed by atoms with Crippen LogP contribution in [0.1, 0.15) is 45.0 Å². The van der Waals surface area contributed by atoms with Crippen molar-refractivity contribution in [3.8, 4) is 5.75 Å². The minimum Gasteiger partial charge on any atom is -0.485 e. The molecule has 0 aliphatic heterocycles. The number of aryl methyl sites for hydroxylation is 2. The van der Waals surface area contributed by atoms with Crippen LogP contribution in [0.5, 0.6) is 5.75 Å². The third kappa shape index (κ3) is 4.86. The Hall–Kier alpha value is -1.03. The molecule has 1 unspecified atom stereocenters. The lowest BCUT2D eigenvalue weighted by Crippen LogP contribution is -2.33. The zero-order valence-corrected chi connectivity index (χ0v) is 13.3. The third-order valence-corrected chi connectivity index (χ3v) is 3.26. The summed E-state index contributed by atoms with van der Waals surface area (Å²) in [6, 6.07) is 0. The van der Waals surface area contributed by atoms with Gasteiger partial charge in [0, 0.05) is 13.6 Å². The molecule has 0 aliphatic carbocycles. The molecule has 1 N–H and O–H groups in total. The summed E-state index contributed by atoms with van der Waals surface area (Å²) in [5.74, 6) is 1.62. The Morgan fingerprint density at radius 3 is 2.42 bits per heavy atom. The molecule has 0 fully saturated rings. The summed E-state index contributed by atoms with van der Waals surface area (Å²) in [6.07, 6.45) is 2.43. The van der Waals surface area contributed by atoms with E-state index in [1.807, 2.05) is 18.7 Å². The summed E-state index contributed by atoms with van der Waals surface area (Å²) in [4.78, 5) is 0.